The van der Waals surface area contributed by atoms with Gasteiger partial charge < -0.3 is 14.2 Å². The van der Waals surface area contributed by atoms with Crippen molar-refractivity contribution in [3.8, 4) is 5.75 Å². The van der Waals surface area contributed by atoms with Crippen molar-refractivity contribution in [2.75, 3.05) is 34.0 Å². The van der Waals surface area contributed by atoms with Crippen LogP contribution in [-0.2, 0) is 20.8 Å². The van der Waals surface area contributed by atoms with Gasteiger partial charge in [0, 0.05) is 30.4 Å². The van der Waals surface area contributed by atoms with Gasteiger partial charge in [-0.05, 0) is 13.8 Å². The van der Waals surface area contributed by atoms with Gasteiger partial charge in [-0.1, -0.05) is 0 Å². The van der Waals surface area contributed by atoms with E-state index in [0.29, 0.717) is 26.3 Å². The van der Waals surface area contributed by atoms with Crippen LogP contribution < -0.4 is 4.74 Å². The molecule has 2 rings (SSSR count). The Morgan fingerprint density at radius 1 is 1.48 bits per heavy atom. The molecule has 0 N–H and O–H groups in total. The zero-order valence-electron chi connectivity index (χ0n) is 13.0. The molecule has 1 aliphatic rings. The average molecular weight is 294 g/mol. The lowest BCUT2D eigenvalue weighted by Crippen LogP contribution is -2.50. The highest BCUT2D eigenvalue weighted by Gasteiger charge is 2.31. The molecule has 0 saturated carbocycles. The standard InChI is InChI=1S/C15H22N2O4/c1-10-7-16-12(11(2)14(10)19-3)8-17-5-6-21-9-13(17)15(18)20-4/h7,13H,5-6,8-9H2,1-4H3. The van der Waals surface area contributed by atoms with Gasteiger partial charge in [-0.25, -0.2) is 0 Å². The summed E-state index contributed by atoms with van der Waals surface area (Å²) < 4.78 is 15.7. The van der Waals surface area contributed by atoms with Crippen molar-refractivity contribution in [2.45, 2.75) is 26.4 Å². The Kier molecular flexibility index (Phi) is 5.14. The molecule has 21 heavy (non-hydrogen) atoms. The minimum Gasteiger partial charge on any atom is -0.496 e. The van der Waals surface area contributed by atoms with Crippen LogP contribution in [0.15, 0.2) is 6.20 Å². The summed E-state index contributed by atoms with van der Waals surface area (Å²) in [5.74, 6) is 0.578. The van der Waals surface area contributed by atoms with Crippen LogP contribution >= 0.6 is 0 Å². The van der Waals surface area contributed by atoms with Gasteiger partial charge in [0.05, 0.1) is 33.1 Å². The first-order chi connectivity index (χ1) is 10.1. The monoisotopic (exact) mass is 294 g/mol. The third-order valence-corrected chi connectivity index (χ3v) is 3.82. The zero-order valence-corrected chi connectivity index (χ0v) is 13.0. The van der Waals surface area contributed by atoms with E-state index < -0.39 is 0 Å². The second kappa shape index (κ2) is 6.87. The van der Waals surface area contributed by atoms with Crippen molar-refractivity contribution in [1.82, 2.24) is 9.88 Å². The molecule has 0 amide bonds. The lowest BCUT2D eigenvalue weighted by atomic mass is 10.1. The van der Waals surface area contributed by atoms with Gasteiger partial charge in [0.25, 0.3) is 0 Å². The molecule has 0 aromatic carbocycles. The molecule has 1 aliphatic heterocycles. The smallest absolute Gasteiger partial charge is 0.325 e. The summed E-state index contributed by atoms with van der Waals surface area (Å²) in [7, 11) is 3.05. The molecule has 0 aliphatic carbocycles. The highest BCUT2D eigenvalue weighted by Crippen LogP contribution is 2.25. The topological polar surface area (TPSA) is 60.9 Å². The number of hydrogen-bond acceptors (Lipinski definition) is 6. The molecule has 1 aromatic heterocycles. The molecule has 116 valence electrons. The van der Waals surface area contributed by atoms with Crippen LogP contribution in [0.2, 0.25) is 0 Å². The Bertz CT molecular complexity index is 519. The van der Waals surface area contributed by atoms with Crippen molar-refractivity contribution in [1.29, 1.82) is 0 Å². The molecule has 0 bridgehead atoms. The maximum absolute atomic E-state index is 11.8. The fraction of sp³-hybridized carbons (Fsp3) is 0.600. The second-order valence-corrected chi connectivity index (χ2v) is 5.13. The summed E-state index contributed by atoms with van der Waals surface area (Å²) in [6.45, 7) is 6.17. The number of hydrogen-bond donors (Lipinski definition) is 0. The third kappa shape index (κ3) is 3.33. The summed E-state index contributed by atoms with van der Waals surface area (Å²) in [6, 6.07) is -0.378. The molecule has 1 saturated heterocycles. The Hall–Kier alpha value is -1.66. The number of nitrogens with zero attached hydrogens (tertiary/aromatic N) is 2. The van der Waals surface area contributed by atoms with Gasteiger partial charge in [-0.2, -0.15) is 0 Å². The maximum Gasteiger partial charge on any atom is 0.325 e. The van der Waals surface area contributed by atoms with E-state index in [1.165, 1.54) is 7.11 Å². The number of pyridine rings is 1. The molecule has 1 atom stereocenters. The predicted octanol–water partition coefficient (Wildman–Crippen LogP) is 1.08. The average Bonchev–Trinajstić information content (AvgIpc) is 2.50. The van der Waals surface area contributed by atoms with Crippen LogP contribution in [0.1, 0.15) is 16.8 Å². The summed E-state index contributed by atoms with van der Waals surface area (Å²) in [5.41, 5.74) is 2.92. The van der Waals surface area contributed by atoms with Crippen LogP contribution in [-0.4, -0.2) is 55.9 Å². The molecule has 1 fully saturated rings. The fourth-order valence-corrected chi connectivity index (χ4v) is 2.60. The maximum atomic E-state index is 11.8. The molecule has 0 radical (unpaired) electrons. The number of aryl methyl sites for hydroxylation is 1. The number of aromatic nitrogens is 1. The Balaban J connectivity index is 2.21. The quantitative estimate of drug-likeness (QED) is 0.775. The molecular formula is C15H22N2O4. The first kappa shape index (κ1) is 15.7. The largest absolute Gasteiger partial charge is 0.496 e. The summed E-state index contributed by atoms with van der Waals surface area (Å²) in [6.07, 6.45) is 1.80. The van der Waals surface area contributed by atoms with Gasteiger partial charge in [-0.3, -0.25) is 14.7 Å². The number of rotatable bonds is 4. The van der Waals surface area contributed by atoms with Crippen molar-refractivity contribution < 1.29 is 19.0 Å². The lowest BCUT2D eigenvalue weighted by molar-refractivity contribution is -0.153. The molecule has 1 aromatic rings. The van der Waals surface area contributed by atoms with Gasteiger partial charge in [0.1, 0.15) is 11.8 Å². The van der Waals surface area contributed by atoms with E-state index in [1.807, 2.05) is 18.7 Å². The van der Waals surface area contributed by atoms with E-state index in [0.717, 1.165) is 22.6 Å². The Morgan fingerprint density at radius 2 is 2.24 bits per heavy atom. The first-order valence-corrected chi connectivity index (χ1v) is 6.97. The summed E-state index contributed by atoms with van der Waals surface area (Å²) in [5, 5.41) is 0. The van der Waals surface area contributed by atoms with Crippen molar-refractivity contribution in [3.05, 3.63) is 23.0 Å². The van der Waals surface area contributed by atoms with E-state index in [1.54, 1.807) is 13.3 Å². The normalized spacial score (nSPS) is 19.3. The number of ether oxygens (including phenoxy) is 3. The van der Waals surface area contributed by atoms with Crippen LogP contribution in [0.4, 0.5) is 0 Å². The van der Waals surface area contributed by atoms with Gasteiger partial charge in [0.2, 0.25) is 0 Å². The molecule has 0 spiro atoms. The molecule has 6 heteroatoms. The van der Waals surface area contributed by atoms with Crippen molar-refractivity contribution in [3.63, 3.8) is 0 Å². The molecular weight excluding hydrogens is 272 g/mol. The number of carbonyl (C=O) groups excluding carboxylic acids is 1. The minimum absolute atomic E-state index is 0.272. The Morgan fingerprint density at radius 3 is 2.90 bits per heavy atom. The molecule has 6 nitrogen and oxygen atoms in total. The third-order valence-electron chi connectivity index (χ3n) is 3.82. The van der Waals surface area contributed by atoms with E-state index in [9.17, 15) is 4.79 Å². The van der Waals surface area contributed by atoms with Gasteiger partial charge in [0.15, 0.2) is 0 Å². The fourth-order valence-electron chi connectivity index (χ4n) is 2.60. The number of methoxy groups -OCH3 is 2. The van der Waals surface area contributed by atoms with Gasteiger partial charge >= 0.3 is 5.97 Å². The van der Waals surface area contributed by atoms with Crippen LogP contribution in [0.3, 0.4) is 0 Å². The highest BCUT2D eigenvalue weighted by atomic mass is 16.5. The SMILES string of the molecule is COC(=O)C1COCCN1Cc1ncc(C)c(OC)c1C. The lowest BCUT2D eigenvalue weighted by Gasteiger charge is -2.33. The number of carbonyl (C=O) groups is 1. The van der Waals surface area contributed by atoms with E-state index in [2.05, 4.69) is 4.98 Å². The van der Waals surface area contributed by atoms with Crippen LogP contribution in [0.25, 0.3) is 0 Å². The first-order valence-electron chi connectivity index (χ1n) is 6.97. The van der Waals surface area contributed by atoms with Crippen LogP contribution in [0, 0.1) is 13.8 Å². The highest BCUT2D eigenvalue weighted by molar-refractivity contribution is 5.75. The molecule has 1 unspecified atom stereocenters. The zero-order chi connectivity index (χ0) is 15.4. The molecule has 2 heterocycles. The van der Waals surface area contributed by atoms with Crippen LogP contribution in [0.5, 0.6) is 5.75 Å². The van der Waals surface area contributed by atoms with E-state index in [-0.39, 0.29) is 12.0 Å². The summed E-state index contributed by atoms with van der Waals surface area (Å²) >= 11 is 0. The van der Waals surface area contributed by atoms with Crippen molar-refractivity contribution >= 4 is 5.97 Å². The van der Waals surface area contributed by atoms with Crippen molar-refractivity contribution in [2.24, 2.45) is 0 Å². The summed E-state index contributed by atoms with van der Waals surface area (Å²) in [4.78, 5) is 18.4. The van der Waals surface area contributed by atoms with E-state index >= 15 is 0 Å². The number of morpholine rings is 1. The van der Waals surface area contributed by atoms with E-state index in [4.69, 9.17) is 14.2 Å². The second-order valence-electron chi connectivity index (χ2n) is 5.13. The van der Waals surface area contributed by atoms with Gasteiger partial charge in [-0.15, -0.1) is 0 Å². The minimum atomic E-state index is -0.378. The number of esters is 1. The predicted molar refractivity (Wildman–Crippen MR) is 77.3 cm³/mol. The Labute approximate surface area is 125 Å².